The maximum absolute atomic E-state index is 9.66. The Bertz CT molecular complexity index is 324. The maximum Gasteiger partial charge on any atom is 0.137 e. The van der Waals surface area contributed by atoms with Gasteiger partial charge in [0.05, 0.1) is 0 Å². The van der Waals surface area contributed by atoms with Crippen LogP contribution in [0.2, 0.25) is 0 Å². The summed E-state index contributed by atoms with van der Waals surface area (Å²) in [6.07, 6.45) is 0. The third-order valence-electron chi connectivity index (χ3n) is 2.60. The summed E-state index contributed by atoms with van der Waals surface area (Å²) in [5.41, 5.74) is 8.70. The molecule has 72 valence electrons. The van der Waals surface area contributed by atoms with E-state index < -0.39 is 5.72 Å². The summed E-state index contributed by atoms with van der Waals surface area (Å²) >= 11 is 0. The van der Waals surface area contributed by atoms with Gasteiger partial charge >= 0.3 is 0 Å². The fourth-order valence-electron chi connectivity index (χ4n) is 1.50. The molecule has 13 heavy (non-hydrogen) atoms. The van der Waals surface area contributed by atoms with Crippen LogP contribution in [0.1, 0.15) is 29.2 Å². The van der Waals surface area contributed by atoms with Crippen molar-refractivity contribution in [2.75, 3.05) is 0 Å². The molecule has 0 heterocycles. The minimum atomic E-state index is -1.23. The highest BCUT2D eigenvalue weighted by atomic mass is 16.3. The molecular weight excluding hydrogens is 162 g/mol. The number of hydrogen-bond donors (Lipinski definition) is 2. The lowest BCUT2D eigenvalue weighted by Crippen LogP contribution is -2.33. The SMILES string of the molecule is Cc1ccc(C(C)(N)O)c(C)c1C. The van der Waals surface area contributed by atoms with Gasteiger partial charge in [0.15, 0.2) is 0 Å². The minimum Gasteiger partial charge on any atom is -0.372 e. The first-order valence-electron chi connectivity index (χ1n) is 4.42. The van der Waals surface area contributed by atoms with E-state index in [4.69, 9.17) is 5.73 Å². The molecule has 1 rings (SSSR count). The maximum atomic E-state index is 9.66. The standard InChI is InChI=1S/C11H17NO/c1-7-5-6-10(11(4,12)13)9(3)8(7)2/h5-6,13H,12H2,1-4H3. The molecule has 0 spiro atoms. The molecule has 1 aromatic rings. The Morgan fingerprint density at radius 3 is 2.15 bits per heavy atom. The normalized spacial score (nSPS) is 15.5. The van der Waals surface area contributed by atoms with E-state index in [1.54, 1.807) is 6.92 Å². The minimum absolute atomic E-state index is 0.801. The van der Waals surface area contributed by atoms with Crippen LogP contribution in [0, 0.1) is 20.8 Å². The first-order valence-corrected chi connectivity index (χ1v) is 4.42. The summed E-state index contributed by atoms with van der Waals surface area (Å²) in [6, 6.07) is 3.87. The van der Waals surface area contributed by atoms with E-state index in [-0.39, 0.29) is 0 Å². The Kier molecular flexibility index (Phi) is 2.46. The third-order valence-corrected chi connectivity index (χ3v) is 2.60. The van der Waals surface area contributed by atoms with Gasteiger partial charge in [0.25, 0.3) is 0 Å². The van der Waals surface area contributed by atoms with Crippen LogP contribution in [-0.2, 0) is 5.72 Å². The van der Waals surface area contributed by atoms with Gasteiger partial charge in [-0.3, -0.25) is 0 Å². The lowest BCUT2D eigenvalue weighted by Gasteiger charge is -2.22. The second-order valence-corrected chi connectivity index (χ2v) is 3.83. The van der Waals surface area contributed by atoms with Crippen LogP contribution in [0.15, 0.2) is 12.1 Å². The van der Waals surface area contributed by atoms with E-state index in [0.29, 0.717) is 0 Å². The number of nitrogens with two attached hydrogens (primary N) is 1. The lowest BCUT2D eigenvalue weighted by atomic mass is 9.93. The molecule has 0 amide bonds. The van der Waals surface area contributed by atoms with E-state index in [0.717, 1.165) is 11.1 Å². The summed E-state index contributed by atoms with van der Waals surface area (Å²) in [5, 5.41) is 9.66. The highest BCUT2D eigenvalue weighted by Crippen LogP contribution is 2.23. The molecule has 0 saturated heterocycles. The van der Waals surface area contributed by atoms with Crippen LogP contribution in [0.5, 0.6) is 0 Å². The number of benzene rings is 1. The molecule has 2 heteroatoms. The topological polar surface area (TPSA) is 46.2 Å². The van der Waals surface area contributed by atoms with Crippen molar-refractivity contribution in [1.29, 1.82) is 0 Å². The molecule has 2 nitrogen and oxygen atoms in total. The second kappa shape index (κ2) is 3.13. The van der Waals surface area contributed by atoms with Crippen molar-refractivity contribution in [2.45, 2.75) is 33.4 Å². The number of rotatable bonds is 1. The fourth-order valence-corrected chi connectivity index (χ4v) is 1.50. The molecule has 1 unspecified atom stereocenters. The highest BCUT2D eigenvalue weighted by Gasteiger charge is 2.19. The van der Waals surface area contributed by atoms with Crippen LogP contribution in [0.25, 0.3) is 0 Å². The van der Waals surface area contributed by atoms with Crippen molar-refractivity contribution in [2.24, 2.45) is 5.73 Å². The monoisotopic (exact) mass is 179 g/mol. The Balaban J connectivity index is 3.35. The fraction of sp³-hybridized carbons (Fsp3) is 0.455. The van der Waals surface area contributed by atoms with Gasteiger partial charge in [0.1, 0.15) is 5.72 Å². The zero-order valence-corrected chi connectivity index (χ0v) is 8.68. The summed E-state index contributed by atoms with van der Waals surface area (Å²) in [4.78, 5) is 0. The quantitative estimate of drug-likeness (QED) is 0.645. The average molecular weight is 179 g/mol. The molecule has 1 aromatic carbocycles. The summed E-state index contributed by atoms with van der Waals surface area (Å²) in [7, 11) is 0. The zero-order valence-electron chi connectivity index (χ0n) is 8.68. The van der Waals surface area contributed by atoms with Crippen molar-refractivity contribution in [3.8, 4) is 0 Å². The third kappa shape index (κ3) is 1.90. The van der Waals surface area contributed by atoms with Crippen molar-refractivity contribution < 1.29 is 5.11 Å². The van der Waals surface area contributed by atoms with Crippen LogP contribution in [0.4, 0.5) is 0 Å². The lowest BCUT2D eigenvalue weighted by molar-refractivity contribution is 0.0640. The van der Waals surface area contributed by atoms with Gasteiger partial charge < -0.3 is 10.8 Å². The predicted molar refractivity (Wildman–Crippen MR) is 54.4 cm³/mol. The van der Waals surface area contributed by atoms with Crippen LogP contribution < -0.4 is 5.73 Å². The molecule has 0 saturated carbocycles. The first-order chi connectivity index (χ1) is 5.84. The van der Waals surface area contributed by atoms with Crippen LogP contribution in [0.3, 0.4) is 0 Å². The molecule has 0 bridgehead atoms. The molecule has 1 atom stereocenters. The molecule has 0 radical (unpaired) electrons. The molecule has 0 aliphatic carbocycles. The average Bonchev–Trinajstić information content (AvgIpc) is 1.98. The van der Waals surface area contributed by atoms with E-state index in [9.17, 15) is 5.11 Å². The number of aryl methyl sites for hydroxylation is 1. The van der Waals surface area contributed by atoms with Crippen molar-refractivity contribution in [1.82, 2.24) is 0 Å². The predicted octanol–water partition coefficient (Wildman–Crippen LogP) is 1.74. The highest BCUT2D eigenvalue weighted by molar-refractivity contribution is 5.40. The van der Waals surface area contributed by atoms with Gasteiger partial charge in [0.2, 0.25) is 0 Å². The molecule has 0 aliphatic rings. The number of aliphatic hydroxyl groups is 1. The molecule has 0 fully saturated rings. The summed E-state index contributed by atoms with van der Waals surface area (Å²) in [6.45, 7) is 7.68. The van der Waals surface area contributed by atoms with Crippen LogP contribution >= 0.6 is 0 Å². The summed E-state index contributed by atoms with van der Waals surface area (Å²) in [5.74, 6) is 0. The first kappa shape index (κ1) is 10.2. The number of hydrogen-bond acceptors (Lipinski definition) is 2. The molecule has 0 aliphatic heterocycles. The largest absolute Gasteiger partial charge is 0.372 e. The molecule has 0 aromatic heterocycles. The van der Waals surface area contributed by atoms with E-state index >= 15 is 0 Å². The van der Waals surface area contributed by atoms with Crippen molar-refractivity contribution in [3.05, 3.63) is 34.4 Å². The van der Waals surface area contributed by atoms with E-state index in [2.05, 4.69) is 6.92 Å². The Morgan fingerprint density at radius 1 is 1.15 bits per heavy atom. The van der Waals surface area contributed by atoms with Gasteiger partial charge in [-0.1, -0.05) is 12.1 Å². The second-order valence-electron chi connectivity index (χ2n) is 3.83. The molecular formula is C11H17NO. The Labute approximate surface area is 79.4 Å². The van der Waals surface area contributed by atoms with Crippen molar-refractivity contribution >= 4 is 0 Å². The van der Waals surface area contributed by atoms with E-state index in [1.165, 1.54) is 11.1 Å². The molecule has 3 N–H and O–H groups in total. The zero-order chi connectivity index (χ0) is 10.2. The summed E-state index contributed by atoms with van der Waals surface area (Å²) < 4.78 is 0. The van der Waals surface area contributed by atoms with Gasteiger partial charge in [-0.15, -0.1) is 0 Å². The van der Waals surface area contributed by atoms with Gasteiger partial charge in [-0.2, -0.15) is 0 Å². The van der Waals surface area contributed by atoms with Gasteiger partial charge in [-0.05, 0) is 44.4 Å². The van der Waals surface area contributed by atoms with Crippen molar-refractivity contribution in [3.63, 3.8) is 0 Å². The van der Waals surface area contributed by atoms with Gasteiger partial charge in [-0.25, -0.2) is 0 Å². The van der Waals surface area contributed by atoms with Crippen LogP contribution in [-0.4, -0.2) is 5.11 Å². The van der Waals surface area contributed by atoms with Gasteiger partial charge in [0, 0.05) is 5.56 Å². The smallest absolute Gasteiger partial charge is 0.137 e. The van der Waals surface area contributed by atoms with E-state index in [1.807, 2.05) is 26.0 Å². The Morgan fingerprint density at radius 2 is 1.69 bits per heavy atom. The Hall–Kier alpha value is -0.860.